The smallest absolute Gasteiger partial charge is 0.324 e. The molecule has 1 fully saturated rings. The Morgan fingerprint density at radius 3 is 2.75 bits per heavy atom. The van der Waals surface area contributed by atoms with Crippen molar-refractivity contribution in [3.63, 3.8) is 0 Å². The highest BCUT2D eigenvalue weighted by molar-refractivity contribution is 9.11. The number of imide groups is 1. The van der Waals surface area contributed by atoms with Crippen LogP contribution in [0.5, 0.6) is 0 Å². The summed E-state index contributed by atoms with van der Waals surface area (Å²) in [6.07, 6.45) is 0. The van der Waals surface area contributed by atoms with Crippen LogP contribution in [0.4, 0.5) is 4.79 Å². The van der Waals surface area contributed by atoms with Gasteiger partial charge in [0.1, 0.15) is 0 Å². The molecule has 16 heavy (non-hydrogen) atoms. The molecule has 1 aromatic carbocycles. The van der Waals surface area contributed by atoms with E-state index in [9.17, 15) is 9.59 Å². The van der Waals surface area contributed by atoms with Crippen molar-refractivity contribution in [2.24, 2.45) is 0 Å². The van der Waals surface area contributed by atoms with Crippen LogP contribution in [-0.4, -0.2) is 29.9 Å². The van der Waals surface area contributed by atoms with Crippen LogP contribution in [0.15, 0.2) is 27.1 Å². The molecule has 1 aliphatic heterocycles. The summed E-state index contributed by atoms with van der Waals surface area (Å²) in [5.41, 5.74) is 0.478. The minimum absolute atomic E-state index is 0.289. The van der Waals surface area contributed by atoms with Crippen molar-refractivity contribution in [2.45, 2.75) is 0 Å². The molecule has 84 valence electrons. The molecule has 0 spiro atoms. The first-order chi connectivity index (χ1) is 7.59. The number of urea groups is 1. The van der Waals surface area contributed by atoms with E-state index in [0.29, 0.717) is 23.1 Å². The maximum atomic E-state index is 12.0. The Labute approximate surface area is 109 Å². The van der Waals surface area contributed by atoms with Crippen LogP contribution in [0.25, 0.3) is 0 Å². The van der Waals surface area contributed by atoms with Crippen LogP contribution < -0.4 is 5.32 Å². The van der Waals surface area contributed by atoms with Gasteiger partial charge in [-0.15, -0.1) is 0 Å². The van der Waals surface area contributed by atoms with Gasteiger partial charge in [-0.05, 0) is 34.1 Å². The van der Waals surface area contributed by atoms with E-state index in [4.69, 9.17) is 0 Å². The van der Waals surface area contributed by atoms with Gasteiger partial charge in [0.25, 0.3) is 5.91 Å². The first-order valence-electron chi connectivity index (χ1n) is 4.64. The van der Waals surface area contributed by atoms with E-state index in [0.717, 1.165) is 4.47 Å². The van der Waals surface area contributed by atoms with Crippen LogP contribution >= 0.6 is 31.9 Å². The minimum Gasteiger partial charge on any atom is -0.336 e. The van der Waals surface area contributed by atoms with Gasteiger partial charge < -0.3 is 5.32 Å². The van der Waals surface area contributed by atoms with Crippen molar-refractivity contribution in [1.29, 1.82) is 0 Å². The first kappa shape index (κ1) is 11.6. The zero-order valence-electron chi connectivity index (χ0n) is 8.17. The highest BCUT2D eigenvalue weighted by Crippen LogP contribution is 2.23. The zero-order valence-corrected chi connectivity index (χ0v) is 11.3. The molecule has 1 saturated heterocycles. The fourth-order valence-corrected chi connectivity index (χ4v) is 2.25. The monoisotopic (exact) mass is 346 g/mol. The molecule has 3 amide bonds. The molecule has 1 N–H and O–H groups in total. The maximum Gasteiger partial charge on any atom is 0.324 e. The first-order valence-corrected chi connectivity index (χ1v) is 6.23. The lowest BCUT2D eigenvalue weighted by Crippen LogP contribution is -2.34. The Hall–Kier alpha value is -0.880. The van der Waals surface area contributed by atoms with Crippen LogP contribution in [0, 0.1) is 0 Å². The van der Waals surface area contributed by atoms with Crippen molar-refractivity contribution in [2.75, 3.05) is 13.1 Å². The molecule has 1 aliphatic rings. The summed E-state index contributed by atoms with van der Waals surface area (Å²) in [7, 11) is 0. The standard InChI is InChI=1S/C10H8Br2N2O2/c11-6-1-2-8(12)7(5-6)9(15)14-4-3-13-10(14)16/h1-2,5H,3-4H2,(H,13,16). The van der Waals surface area contributed by atoms with Gasteiger partial charge in [0.15, 0.2) is 0 Å². The molecular weight excluding hydrogens is 340 g/mol. The maximum absolute atomic E-state index is 12.0. The molecule has 6 heteroatoms. The third-order valence-electron chi connectivity index (χ3n) is 2.26. The Bertz CT molecular complexity index is 462. The van der Waals surface area contributed by atoms with Crippen molar-refractivity contribution < 1.29 is 9.59 Å². The lowest BCUT2D eigenvalue weighted by atomic mass is 10.2. The summed E-state index contributed by atoms with van der Waals surface area (Å²) in [6, 6.07) is 4.95. The average Bonchev–Trinajstić information content (AvgIpc) is 2.67. The number of carbonyl (C=O) groups excluding carboxylic acids is 2. The fraction of sp³-hybridized carbons (Fsp3) is 0.200. The second-order valence-corrected chi connectivity index (χ2v) is 5.08. The zero-order chi connectivity index (χ0) is 11.7. The van der Waals surface area contributed by atoms with Gasteiger partial charge >= 0.3 is 6.03 Å². The summed E-state index contributed by atoms with van der Waals surface area (Å²) < 4.78 is 1.49. The molecule has 0 unspecified atom stereocenters. The van der Waals surface area contributed by atoms with Crippen LogP contribution in [0.1, 0.15) is 10.4 Å². The van der Waals surface area contributed by atoms with E-state index in [1.165, 1.54) is 4.90 Å². The lowest BCUT2D eigenvalue weighted by Gasteiger charge is -2.13. The normalized spacial score (nSPS) is 15.1. The van der Waals surface area contributed by atoms with Gasteiger partial charge in [-0.1, -0.05) is 15.9 Å². The number of benzene rings is 1. The molecule has 0 radical (unpaired) electrons. The highest BCUT2D eigenvalue weighted by Gasteiger charge is 2.28. The SMILES string of the molecule is O=C1NCCN1C(=O)c1cc(Br)ccc1Br. The van der Waals surface area contributed by atoms with E-state index >= 15 is 0 Å². The number of hydrogen-bond acceptors (Lipinski definition) is 2. The van der Waals surface area contributed by atoms with Gasteiger partial charge in [0.05, 0.1) is 5.56 Å². The average molecular weight is 348 g/mol. The molecule has 0 aromatic heterocycles. The number of hydrogen-bond donors (Lipinski definition) is 1. The second-order valence-electron chi connectivity index (χ2n) is 3.31. The van der Waals surface area contributed by atoms with Gasteiger partial charge in [-0.25, -0.2) is 4.79 Å². The van der Waals surface area contributed by atoms with E-state index in [-0.39, 0.29) is 11.9 Å². The van der Waals surface area contributed by atoms with E-state index < -0.39 is 0 Å². The summed E-state index contributed by atoms with van der Waals surface area (Å²) in [4.78, 5) is 24.6. The van der Waals surface area contributed by atoms with Gasteiger partial charge in [-0.2, -0.15) is 0 Å². The van der Waals surface area contributed by atoms with Crippen LogP contribution in [0.2, 0.25) is 0 Å². The third kappa shape index (κ3) is 2.12. The number of amides is 3. The second kappa shape index (κ2) is 4.55. The van der Waals surface area contributed by atoms with Crippen molar-refractivity contribution in [3.05, 3.63) is 32.7 Å². The van der Waals surface area contributed by atoms with Gasteiger partial charge in [0.2, 0.25) is 0 Å². The van der Waals surface area contributed by atoms with Gasteiger partial charge in [-0.3, -0.25) is 9.69 Å². The third-order valence-corrected chi connectivity index (χ3v) is 3.45. The minimum atomic E-state index is -0.336. The van der Waals surface area contributed by atoms with E-state index in [2.05, 4.69) is 37.2 Å². The number of nitrogens with one attached hydrogen (secondary N) is 1. The number of rotatable bonds is 1. The Kier molecular flexibility index (Phi) is 3.30. The Morgan fingerprint density at radius 1 is 1.38 bits per heavy atom. The Morgan fingerprint density at radius 2 is 2.12 bits per heavy atom. The van der Waals surface area contributed by atoms with E-state index in [1.54, 1.807) is 12.1 Å². The summed E-state index contributed by atoms with van der Waals surface area (Å²) in [5, 5.41) is 2.59. The van der Waals surface area contributed by atoms with Crippen molar-refractivity contribution >= 4 is 43.8 Å². The molecule has 1 aromatic rings. The molecule has 0 atom stereocenters. The van der Waals surface area contributed by atoms with Crippen molar-refractivity contribution in [1.82, 2.24) is 10.2 Å². The lowest BCUT2D eigenvalue weighted by molar-refractivity contribution is 0.0828. The largest absolute Gasteiger partial charge is 0.336 e. The van der Waals surface area contributed by atoms with Crippen LogP contribution in [-0.2, 0) is 0 Å². The molecule has 0 aliphatic carbocycles. The van der Waals surface area contributed by atoms with Crippen LogP contribution in [0.3, 0.4) is 0 Å². The fourth-order valence-electron chi connectivity index (χ4n) is 1.47. The quantitative estimate of drug-likeness (QED) is 0.847. The van der Waals surface area contributed by atoms with E-state index in [1.807, 2.05) is 6.07 Å². The molecular formula is C10H8Br2N2O2. The van der Waals surface area contributed by atoms with Crippen molar-refractivity contribution in [3.8, 4) is 0 Å². The summed E-state index contributed by atoms with van der Waals surface area (Å²) in [5.74, 6) is -0.289. The highest BCUT2D eigenvalue weighted by atomic mass is 79.9. The van der Waals surface area contributed by atoms with Gasteiger partial charge in [0, 0.05) is 22.0 Å². The molecule has 0 saturated carbocycles. The predicted octanol–water partition coefficient (Wildman–Crippen LogP) is 2.38. The summed E-state index contributed by atoms with van der Waals surface area (Å²) >= 11 is 6.59. The molecule has 4 nitrogen and oxygen atoms in total. The molecule has 0 bridgehead atoms. The number of carbonyl (C=O) groups is 2. The topological polar surface area (TPSA) is 49.4 Å². The number of halogens is 2. The molecule has 2 rings (SSSR count). The Balaban J connectivity index is 2.33. The number of nitrogens with zero attached hydrogens (tertiary/aromatic N) is 1. The summed E-state index contributed by atoms with van der Waals surface area (Å²) in [6.45, 7) is 0.923. The predicted molar refractivity (Wildman–Crippen MR) is 66.3 cm³/mol. The molecule has 1 heterocycles.